The van der Waals surface area contributed by atoms with E-state index in [0.717, 1.165) is 38.4 Å². The lowest BCUT2D eigenvalue weighted by atomic mass is 10.0. The van der Waals surface area contributed by atoms with Gasteiger partial charge in [0.05, 0.1) is 6.20 Å². The average Bonchev–Trinajstić information content (AvgIpc) is 3.01. The Balaban J connectivity index is 1.54. The zero-order valence-electron chi connectivity index (χ0n) is 14.1. The SMILES string of the molecule is CN(C)C[C@H](Cc1ccccc1)NC[C@@H]1CNc2ccnn2C1. The Hall–Kier alpha value is -1.85. The summed E-state index contributed by atoms with van der Waals surface area (Å²) in [4.78, 5) is 2.26. The lowest BCUT2D eigenvalue weighted by Gasteiger charge is -2.28. The van der Waals surface area contributed by atoms with Crippen molar-refractivity contribution in [3.05, 3.63) is 48.2 Å². The van der Waals surface area contributed by atoms with E-state index in [2.05, 4.69) is 69.7 Å². The smallest absolute Gasteiger partial charge is 0.124 e. The van der Waals surface area contributed by atoms with Crippen LogP contribution in [0.4, 0.5) is 5.82 Å². The molecule has 5 heteroatoms. The number of nitrogens with one attached hydrogen (secondary N) is 2. The molecule has 0 bridgehead atoms. The Morgan fingerprint density at radius 3 is 2.91 bits per heavy atom. The van der Waals surface area contributed by atoms with Crippen LogP contribution < -0.4 is 10.6 Å². The maximum absolute atomic E-state index is 4.37. The van der Waals surface area contributed by atoms with Gasteiger partial charge in [0.15, 0.2) is 0 Å². The number of fused-ring (bicyclic) bond motifs is 1. The largest absolute Gasteiger partial charge is 0.370 e. The fraction of sp³-hybridized carbons (Fsp3) is 0.500. The Morgan fingerprint density at radius 1 is 1.30 bits per heavy atom. The summed E-state index contributed by atoms with van der Waals surface area (Å²) in [5, 5.41) is 11.6. The minimum Gasteiger partial charge on any atom is -0.370 e. The van der Waals surface area contributed by atoms with Gasteiger partial charge in [0.25, 0.3) is 0 Å². The zero-order chi connectivity index (χ0) is 16.1. The molecule has 1 aromatic carbocycles. The predicted octanol–water partition coefficient (Wildman–Crippen LogP) is 1.69. The molecular weight excluding hydrogens is 286 g/mol. The second-order valence-corrected chi connectivity index (χ2v) is 6.70. The number of aromatic nitrogens is 2. The van der Waals surface area contributed by atoms with Crippen molar-refractivity contribution in [1.29, 1.82) is 0 Å². The summed E-state index contributed by atoms with van der Waals surface area (Å²) in [5.41, 5.74) is 1.39. The van der Waals surface area contributed by atoms with E-state index in [9.17, 15) is 0 Å². The number of benzene rings is 1. The lowest BCUT2D eigenvalue weighted by Crippen LogP contribution is -2.44. The van der Waals surface area contributed by atoms with E-state index in [-0.39, 0.29) is 0 Å². The first kappa shape index (κ1) is 16.0. The van der Waals surface area contributed by atoms with E-state index >= 15 is 0 Å². The molecule has 0 fully saturated rings. The van der Waals surface area contributed by atoms with Crippen LogP contribution in [-0.4, -0.2) is 54.5 Å². The third kappa shape index (κ3) is 4.56. The van der Waals surface area contributed by atoms with Gasteiger partial charge in [-0.2, -0.15) is 5.10 Å². The topological polar surface area (TPSA) is 45.1 Å². The average molecular weight is 313 g/mol. The molecule has 2 N–H and O–H groups in total. The van der Waals surface area contributed by atoms with Gasteiger partial charge in [0.2, 0.25) is 0 Å². The Morgan fingerprint density at radius 2 is 2.13 bits per heavy atom. The summed E-state index contributed by atoms with van der Waals surface area (Å²) in [6, 6.07) is 13.2. The minimum atomic E-state index is 0.464. The first-order chi connectivity index (χ1) is 11.2. The number of likely N-dealkylation sites (N-methyl/N-ethyl adjacent to an activating group) is 1. The van der Waals surface area contributed by atoms with Gasteiger partial charge < -0.3 is 15.5 Å². The molecule has 0 unspecified atom stereocenters. The highest BCUT2D eigenvalue weighted by molar-refractivity contribution is 5.35. The Bertz CT molecular complexity index is 592. The second kappa shape index (κ2) is 7.62. The molecule has 1 aliphatic rings. The molecule has 1 aromatic heterocycles. The van der Waals surface area contributed by atoms with Crippen LogP contribution in [0.5, 0.6) is 0 Å². The third-order valence-corrected chi connectivity index (χ3v) is 4.33. The van der Waals surface area contributed by atoms with Crippen molar-refractivity contribution in [2.45, 2.75) is 19.0 Å². The Kier molecular flexibility index (Phi) is 5.31. The summed E-state index contributed by atoms with van der Waals surface area (Å²) in [5.74, 6) is 1.71. The predicted molar refractivity (Wildman–Crippen MR) is 94.7 cm³/mol. The zero-order valence-corrected chi connectivity index (χ0v) is 14.1. The van der Waals surface area contributed by atoms with Crippen molar-refractivity contribution >= 4 is 5.82 Å². The molecule has 5 nitrogen and oxygen atoms in total. The maximum atomic E-state index is 4.37. The van der Waals surface area contributed by atoms with Gasteiger partial charge in [-0.25, -0.2) is 4.68 Å². The third-order valence-electron chi connectivity index (χ3n) is 4.33. The van der Waals surface area contributed by atoms with Crippen molar-refractivity contribution in [1.82, 2.24) is 20.0 Å². The van der Waals surface area contributed by atoms with Crippen molar-refractivity contribution in [2.75, 3.05) is 39.0 Å². The second-order valence-electron chi connectivity index (χ2n) is 6.70. The monoisotopic (exact) mass is 313 g/mol. The van der Waals surface area contributed by atoms with E-state index in [1.807, 2.05) is 12.3 Å². The van der Waals surface area contributed by atoms with E-state index in [4.69, 9.17) is 0 Å². The van der Waals surface area contributed by atoms with Gasteiger partial charge in [0.1, 0.15) is 5.82 Å². The molecule has 3 rings (SSSR count). The van der Waals surface area contributed by atoms with E-state index in [1.54, 1.807) is 0 Å². The molecule has 0 spiro atoms. The van der Waals surface area contributed by atoms with Gasteiger partial charge in [-0.1, -0.05) is 30.3 Å². The van der Waals surface area contributed by atoms with Crippen LogP contribution in [0.3, 0.4) is 0 Å². The number of rotatable bonds is 7. The standard InChI is InChI=1S/C18H27N5/c1-22(2)14-17(10-15-6-4-3-5-7-15)19-11-16-12-20-18-8-9-21-23(18)13-16/h3-9,16-17,19-20H,10-14H2,1-2H3/t16-,17+/m1/s1. The van der Waals surface area contributed by atoms with Crippen LogP contribution >= 0.6 is 0 Å². The lowest BCUT2D eigenvalue weighted by molar-refractivity contribution is 0.309. The molecular formula is C18H27N5. The molecule has 2 aromatic rings. The number of anilines is 1. The molecule has 0 aliphatic carbocycles. The van der Waals surface area contributed by atoms with Crippen LogP contribution in [0.1, 0.15) is 5.56 Å². The van der Waals surface area contributed by atoms with Gasteiger partial charge >= 0.3 is 0 Å². The van der Waals surface area contributed by atoms with Gasteiger partial charge in [0, 0.05) is 44.2 Å². The van der Waals surface area contributed by atoms with E-state index in [1.165, 1.54) is 5.56 Å². The van der Waals surface area contributed by atoms with Gasteiger partial charge in [-0.15, -0.1) is 0 Å². The highest BCUT2D eigenvalue weighted by atomic mass is 15.3. The summed E-state index contributed by atoms with van der Waals surface area (Å²) < 4.78 is 2.06. The number of nitrogens with zero attached hydrogens (tertiary/aromatic N) is 3. The normalized spacial score (nSPS) is 18.5. The van der Waals surface area contributed by atoms with Crippen LogP contribution in [-0.2, 0) is 13.0 Å². The van der Waals surface area contributed by atoms with Crippen molar-refractivity contribution in [3.8, 4) is 0 Å². The number of hydrogen-bond donors (Lipinski definition) is 2. The molecule has 0 amide bonds. The first-order valence-electron chi connectivity index (χ1n) is 8.38. The van der Waals surface area contributed by atoms with Gasteiger partial charge in [-0.05, 0) is 26.1 Å². The van der Waals surface area contributed by atoms with Gasteiger partial charge in [-0.3, -0.25) is 0 Å². The van der Waals surface area contributed by atoms with Crippen LogP contribution in [0.15, 0.2) is 42.6 Å². The summed E-state index contributed by atoms with van der Waals surface area (Å²) in [6.45, 7) is 4.06. The molecule has 2 heterocycles. The highest BCUT2D eigenvalue weighted by Crippen LogP contribution is 2.16. The van der Waals surface area contributed by atoms with Crippen molar-refractivity contribution in [3.63, 3.8) is 0 Å². The molecule has 1 aliphatic heterocycles. The fourth-order valence-electron chi connectivity index (χ4n) is 3.20. The summed E-state index contributed by atoms with van der Waals surface area (Å²) in [6.07, 6.45) is 2.93. The Labute approximate surface area is 138 Å². The first-order valence-corrected chi connectivity index (χ1v) is 8.38. The molecule has 0 radical (unpaired) electrons. The number of hydrogen-bond acceptors (Lipinski definition) is 4. The molecule has 0 saturated carbocycles. The van der Waals surface area contributed by atoms with Crippen LogP contribution in [0.25, 0.3) is 0 Å². The minimum absolute atomic E-state index is 0.464. The highest BCUT2D eigenvalue weighted by Gasteiger charge is 2.19. The quantitative estimate of drug-likeness (QED) is 0.816. The van der Waals surface area contributed by atoms with Crippen LogP contribution in [0, 0.1) is 5.92 Å². The summed E-state index contributed by atoms with van der Waals surface area (Å²) >= 11 is 0. The van der Waals surface area contributed by atoms with E-state index in [0.29, 0.717) is 12.0 Å². The summed E-state index contributed by atoms with van der Waals surface area (Å²) in [7, 11) is 4.27. The van der Waals surface area contributed by atoms with E-state index < -0.39 is 0 Å². The molecule has 0 saturated heterocycles. The van der Waals surface area contributed by atoms with Crippen molar-refractivity contribution in [2.24, 2.45) is 5.92 Å². The van der Waals surface area contributed by atoms with Crippen LogP contribution in [0.2, 0.25) is 0 Å². The molecule has 124 valence electrons. The maximum Gasteiger partial charge on any atom is 0.124 e. The molecule has 2 atom stereocenters. The van der Waals surface area contributed by atoms with Crippen molar-refractivity contribution < 1.29 is 0 Å². The molecule has 23 heavy (non-hydrogen) atoms. The fourth-order valence-corrected chi connectivity index (χ4v) is 3.20.